The molecule has 1 rings (SSSR count). The van der Waals surface area contributed by atoms with Gasteiger partial charge in [0.1, 0.15) is 6.04 Å². The van der Waals surface area contributed by atoms with Crippen molar-refractivity contribution in [2.45, 2.75) is 45.6 Å². The average Bonchev–Trinajstić information content (AvgIpc) is 2.49. The molecule has 0 radical (unpaired) electrons. The summed E-state index contributed by atoms with van der Waals surface area (Å²) in [6, 6.07) is 4.97. The predicted octanol–water partition coefficient (Wildman–Crippen LogP) is 2.91. The molecule has 0 saturated heterocycles. The fourth-order valence-corrected chi connectivity index (χ4v) is 3.35. The second-order valence-corrected chi connectivity index (χ2v) is 9.71. The Hall–Kier alpha value is -1.25. The number of nitrogens with one attached hydrogen (secondary N) is 1. The Morgan fingerprint density at radius 2 is 1.68 bits per heavy atom. The van der Waals surface area contributed by atoms with Gasteiger partial charge in [0.25, 0.3) is 0 Å². The summed E-state index contributed by atoms with van der Waals surface area (Å²) in [5.74, 6) is -1.35. The van der Waals surface area contributed by atoms with Crippen LogP contribution in [0.2, 0.25) is 0 Å². The minimum Gasteiger partial charge on any atom is -0.456 e. The molecule has 0 bridgehead atoms. The van der Waals surface area contributed by atoms with Crippen LogP contribution in [-0.4, -0.2) is 32.8 Å². The van der Waals surface area contributed by atoms with Gasteiger partial charge >= 0.3 is 5.97 Å². The molecule has 0 unspecified atom stereocenters. The summed E-state index contributed by atoms with van der Waals surface area (Å²) in [6.07, 6.45) is 0. The number of Topliss-reactive ketones (excluding diaryl/α,β-unsaturated/α-hetero) is 1. The quantitative estimate of drug-likeness (QED) is 0.667. The van der Waals surface area contributed by atoms with E-state index in [-0.39, 0.29) is 23.2 Å². The summed E-state index contributed by atoms with van der Waals surface area (Å²) in [4.78, 5) is 24.2. The van der Waals surface area contributed by atoms with Crippen LogP contribution in [0.1, 0.15) is 34.6 Å². The lowest BCUT2D eigenvalue weighted by molar-refractivity contribution is -0.152. The molecule has 25 heavy (non-hydrogen) atoms. The van der Waals surface area contributed by atoms with E-state index in [0.717, 1.165) is 4.47 Å². The monoisotopic (exact) mass is 433 g/mol. The van der Waals surface area contributed by atoms with E-state index >= 15 is 0 Å². The number of hydrogen-bond donors (Lipinski definition) is 1. The van der Waals surface area contributed by atoms with E-state index in [1.165, 1.54) is 12.1 Å². The lowest BCUT2D eigenvalue weighted by Gasteiger charge is -2.22. The standard InChI is InChI=1S/C17H24BrNO5S/c1-11(2)15(16(21)24-10-14(20)17(3,4)5)19-25(22,23)13-8-6-12(18)7-9-13/h6-9,11,15,19H,10H2,1-5H3/t15-/m0/s1. The zero-order valence-corrected chi connectivity index (χ0v) is 17.4. The minimum atomic E-state index is -3.89. The van der Waals surface area contributed by atoms with Crippen molar-refractivity contribution in [1.29, 1.82) is 0 Å². The molecule has 6 nitrogen and oxygen atoms in total. The summed E-state index contributed by atoms with van der Waals surface area (Å²) in [5.41, 5.74) is -0.634. The van der Waals surface area contributed by atoms with Crippen LogP contribution < -0.4 is 4.72 Å². The van der Waals surface area contributed by atoms with Crippen molar-refractivity contribution in [2.24, 2.45) is 11.3 Å². The Labute approximate surface area is 157 Å². The van der Waals surface area contributed by atoms with Gasteiger partial charge in [0.2, 0.25) is 10.0 Å². The fraction of sp³-hybridized carbons (Fsp3) is 0.529. The van der Waals surface area contributed by atoms with E-state index in [1.807, 2.05) is 0 Å². The van der Waals surface area contributed by atoms with Crippen LogP contribution in [0.4, 0.5) is 0 Å². The molecule has 0 aliphatic heterocycles. The van der Waals surface area contributed by atoms with Gasteiger partial charge in [0, 0.05) is 9.89 Å². The Bertz CT molecular complexity index is 720. The number of rotatable bonds is 7. The summed E-state index contributed by atoms with van der Waals surface area (Å²) in [5, 5.41) is 0. The maximum atomic E-state index is 12.5. The SMILES string of the molecule is CC(C)[C@H](NS(=O)(=O)c1ccc(Br)cc1)C(=O)OCC(=O)C(C)(C)C. The molecule has 1 atom stereocenters. The van der Waals surface area contributed by atoms with Gasteiger partial charge in [0.05, 0.1) is 4.90 Å². The molecule has 0 heterocycles. The van der Waals surface area contributed by atoms with Gasteiger partial charge < -0.3 is 4.74 Å². The van der Waals surface area contributed by atoms with E-state index < -0.39 is 27.4 Å². The van der Waals surface area contributed by atoms with E-state index in [0.29, 0.717) is 0 Å². The molecule has 1 aromatic carbocycles. The molecular weight excluding hydrogens is 410 g/mol. The Balaban J connectivity index is 2.88. The van der Waals surface area contributed by atoms with Crippen molar-refractivity contribution in [2.75, 3.05) is 6.61 Å². The summed E-state index contributed by atoms with van der Waals surface area (Å²) < 4.78 is 33.1. The second-order valence-electron chi connectivity index (χ2n) is 7.08. The van der Waals surface area contributed by atoms with Gasteiger partial charge in [-0.05, 0) is 30.2 Å². The van der Waals surface area contributed by atoms with Crippen molar-refractivity contribution in [3.63, 3.8) is 0 Å². The number of halogens is 1. The van der Waals surface area contributed by atoms with Crippen molar-refractivity contribution in [3.05, 3.63) is 28.7 Å². The van der Waals surface area contributed by atoms with Gasteiger partial charge in [-0.1, -0.05) is 50.5 Å². The first-order valence-corrected chi connectivity index (χ1v) is 10.1. The maximum Gasteiger partial charge on any atom is 0.324 e. The number of benzene rings is 1. The molecule has 0 aliphatic carbocycles. The van der Waals surface area contributed by atoms with Crippen LogP contribution in [0.15, 0.2) is 33.6 Å². The van der Waals surface area contributed by atoms with Crippen molar-refractivity contribution in [3.8, 4) is 0 Å². The van der Waals surface area contributed by atoms with Crippen LogP contribution in [0.3, 0.4) is 0 Å². The Morgan fingerprint density at radius 3 is 2.12 bits per heavy atom. The van der Waals surface area contributed by atoms with Gasteiger partial charge in [-0.25, -0.2) is 8.42 Å². The van der Waals surface area contributed by atoms with Crippen molar-refractivity contribution in [1.82, 2.24) is 4.72 Å². The number of esters is 1. The van der Waals surface area contributed by atoms with Gasteiger partial charge in [0.15, 0.2) is 12.4 Å². The first-order valence-electron chi connectivity index (χ1n) is 7.82. The molecule has 0 aliphatic rings. The summed E-state index contributed by atoms with van der Waals surface area (Å²) in [7, 11) is -3.89. The minimum absolute atomic E-state index is 0.0416. The molecule has 0 aromatic heterocycles. The maximum absolute atomic E-state index is 12.5. The number of carbonyl (C=O) groups is 2. The first-order chi connectivity index (χ1) is 11.3. The highest BCUT2D eigenvalue weighted by atomic mass is 79.9. The average molecular weight is 434 g/mol. The highest BCUT2D eigenvalue weighted by Gasteiger charge is 2.31. The number of sulfonamides is 1. The predicted molar refractivity (Wildman–Crippen MR) is 98.5 cm³/mol. The number of ketones is 1. The molecule has 1 aromatic rings. The van der Waals surface area contributed by atoms with Crippen LogP contribution in [0, 0.1) is 11.3 Å². The molecule has 0 fully saturated rings. The molecule has 1 N–H and O–H groups in total. The van der Waals surface area contributed by atoms with Gasteiger partial charge in [-0.2, -0.15) is 4.72 Å². The third-order valence-corrected chi connectivity index (χ3v) is 5.49. The first kappa shape index (κ1) is 21.8. The van der Waals surface area contributed by atoms with E-state index in [9.17, 15) is 18.0 Å². The highest BCUT2D eigenvalue weighted by molar-refractivity contribution is 9.10. The van der Waals surface area contributed by atoms with Crippen LogP contribution >= 0.6 is 15.9 Å². The summed E-state index contributed by atoms with van der Waals surface area (Å²) >= 11 is 3.24. The topological polar surface area (TPSA) is 89.5 Å². The highest BCUT2D eigenvalue weighted by Crippen LogP contribution is 2.17. The van der Waals surface area contributed by atoms with Crippen LogP contribution in [0.5, 0.6) is 0 Å². The fourth-order valence-electron chi connectivity index (χ4n) is 1.75. The zero-order valence-electron chi connectivity index (χ0n) is 15.0. The van der Waals surface area contributed by atoms with Gasteiger partial charge in [-0.15, -0.1) is 0 Å². The molecule has 0 saturated carbocycles. The Morgan fingerprint density at radius 1 is 1.16 bits per heavy atom. The molecule has 0 amide bonds. The smallest absolute Gasteiger partial charge is 0.324 e. The Kier molecular flexibility index (Phi) is 7.34. The largest absolute Gasteiger partial charge is 0.456 e. The number of hydrogen-bond acceptors (Lipinski definition) is 5. The van der Waals surface area contributed by atoms with Crippen LogP contribution in [0.25, 0.3) is 0 Å². The van der Waals surface area contributed by atoms with E-state index in [1.54, 1.807) is 46.8 Å². The molecule has 8 heteroatoms. The molecule has 140 valence electrons. The number of ether oxygens (including phenoxy) is 1. The summed E-state index contributed by atoms with van der Waals surface area (Å²) in [6.45, 7) is 8.17. The zero-order chi connectivity index (χ0) is 19.4. The van der Waals surface area contributed by atoms with Gasteiger partial charge in [-0.3, -0.25) is 9.59 Å². The van der Waals surface area contributed by atoms with E-state index in [4.69, 9.17) is 4.74 Å². The van der Waals surface area contributed by atoms with Crippen molar-refractivity contribution >= 4 is 37.7 Å². The second kappa shape index (κ2) is 8.42. The molecular formula is C17H24BrNO5S. The van der Waals surface area contributed by atoms with E-state index in [2.05, 4.69) is 20.7 Å². The van der Waals surface area contributed by atoms with Crippen LogP contribution in [-0.2, 0) is 24.3 Å². The molecule has 0 spiro atoms. The lowest BCUT2D eigenvalue weighted by atomic mass is 9.91. The third-order valence-electron chi connectivity index (χ3n) is 3.51. The third kappa shape index (κ3) is 6.52. The normalized spacial score (nSPS) is 13.6. The lowest BCUT2D eigenvalue weighted by Crippen LogP contribution is -2.46. The number of carbonyl (C=O) groups excluding carboxylic acids is 2. The van der Waals surface area contributed by atoms with Crippen molar-refractivity contribution < 1.29 is 22.7 Å².